The highest BCUT2D eigenvalue weighted by molar-refractivity contribution is 7.89. The molecule has 4 nitrogen and oxygen atoms in total. The fourth-order valence-corrected chi connectivity index (χ4v) is 3.87. The Balaban J connectivity index is 2.14. The number of aromatic nitrogens is 1. The second-order valence-corrected chi connectivity index (χ2v) is 7.84. The van der Waals surface area contributed by atoms with Gasteiger partial charge in [-0.25, -0.2) is 8.42 Å². The van der Waals surface area contributed by atoms with Crippen LogP contribution in [0.15, 0.2) is 29.4 Å². The molecule has 0 spiro atoms. The quantitative estimate of drug-likeness (QED) is 0.856. The Hall–Kier alpha value is -0.940. The summed E-state index contributed by atoms with van der Waals surface area (Å²) in [5.41, 5.74) is 0.251. The third-order valence-corrected chi connectivity index (χ3v) is 6.41. The minimum absolute atomic E-state index is 0.251. The fourth-order valence-electron chi connectivity index (χ4n) is 2.46. The van der Waals surface area contributed by atoms with Gasteiger partial charge in [-0.1, -0.05) is 20.8 Å². The summed E-state index contributed by atoms with van der Waals surface area (Å²) in [6.07, 6.45) is 4.85. The first-order valence-corrected chi connectivity index (χ1v) is 8.20. The zero-order valence-electron chi connectivity index (χ0n) is 11.8. The second-order valence-electron chi connectivity index (χ2n) is 5.90. The molecule has 0 bridgehead atoms. The number of hydrogen-bond donors (Lipinski definition) is 0. The minimum atomic E-state index is -3.37. The third-order valence-electron chi connectivity index (χ3n) is 4.53. The number of nitrogens with zero attached hydrogens (tertiary/aromatic N) is 2. The lowest BCUT2D eigenvalue weighted by atomic mass is 9.72. The maximum absolute atomic E-state index is 12.5. The van der Waals surface area contributed by atoms with Gasteiger partial charge in [0.2, 0.25) is 10.0 Å². The molecule has 0 aliphatic carbocycles. The van der Waals surface area contributed by atoms with Gasteiger partial charge >= 0.3 is 0 Å². The van der Waals surface area contributed by atoms with E-state index in [1.807, 2.05) is 0 Å². The van der Waals surface area contributed by atoms with E-state index in [-0.39, 0.29) is 5.41 Å². The average Bonchev–Trinajstić information content (AvgIpc) is 2.40. The van der Waals surface area contributed by atoms with Gasteiger partial charge in [0.15, 0.2) is 0 Å². The molecule has 0 aromatic carbocycles. The predicted octanol–water partition coefficient (Wildman–Crippen LogP) is 2.53. The molecule has 1 fully saturated rings. The smallest absolute Gasteiger partial charge is 0.244 e. The molecule has 2 rings (SSSR count). The molecular formula is C14H22N2O2S. The van der Waals surface area contributed by atoms with Crippen molar-refractivity contribution in [2.45, 2.75) is 38.5 Å². The lowest BCUT2D eigenvalue weighted by molar-refractivity contribution is 0.117. The number of pyridine rings is 1. The Morgan fingerprint density at radius 3 is 2.42 bits per heavy atom. The normalized spacial score (nSPS) is 20.6. The standard InChI is InChI=1S/C14H22N2O2S/c1-12(2)14(3)6-9-16(10-7-14)19(17,18)13-5-4-8-15-11-13/h4-5,8,11-12H,6-7,9-10H2,1-3H3. The van der Waals surface area contributed by atoms with Crippen LogP contribution in [0.25, 0.3) is 0 Å². The molecule has 0 N–H and O–H groups in total. The van der Waals surface area contributed by atoms with Gasteiger partial charge in [-0.05, 0) is 36.3 Å². The Morgan fingerprint density at radius 1 is 1.32 bits per heavy atom. The van der Waals surface area contributed by atoms with E-state index >= 15 is 0 Å². The molecule has 0 saturated carbocycles. The first kappa shape index (κ1) is 14.5. The van der Waals surface area contributed by atoms with E-state index in [1.165, 1.54) is 6.20 Å². The molecule has 2 heterocycles. The van der Waals surface area contributed by atoms with Gasteiger partial charge in [0, 0.05) is 25.5 Å². The number of hydrogen-bond acceptors (Lipinski definition) is 3. The van der Waals surface area contributed by atoms with E-state index in [0.29, 0.717) is 23.9 Å². The topological polar surface area (TPSA) is 50.3 Å². The van der Waals surface area contributed by atoms with Gasteiger partial charge < -0.3 is 0 Å². The molecule has 1 aliphatic rings. The Labute approximate surface area is 115 Å². The van der Waals surface area contributed by atoms with E-state index in [1.54, 1.807) is 22.6 Å². The zero-order chi connectivity index (χ0) is 14.1. The lowest BCUT2D eigenvalue weighted by Crippen LogP contribution is -2.43. The van der Waals surface area contributed by atoms with Crippen molar-refractivity contribution in [1.82, 2.24) is 9.29 Å². The Bertz CT molecular complexity index is 518. The summed E-state index contributed by atoms with van der Waals surface area (Å²) in [5, 5.41) is 0. The lowest BCUT2D eigenvalue weighted by Gasteiger charge is -2.41. The SMILES string of the molecule is CC(C)C1(C)CCN(S(=O)(=O)c2cccnc2)CC1. The molecule has 0 radical (unpaired) electrons. The zero-order valence-corrected chi connectivity index (χ0v) is 12.7. The van der Waals surface area contributed by atoms with Crippen molar-refractivity contribution in [2.75, 3.05) is 13.1 Å². The van der Waals surface area contributed by atoms with Gasteiger partial charge in [0.05, 0.1) is 0 Å². The molecule has 19 heavy (non-hydrogen) atoms. The summed E-state index contributed by atoms with van der Waals surface area (Å²) in [6, 6.07) is 3.27. The predicted molar refractivity (Wildman–Crippen MR) is 75.2 cm³/mol. The molecule has 106 valence electrons. The van der Waals surface area contributed by atoms with Crippen LogP contribution < -0.4 is 0 Å². The van der Waals surface area contributed by atoms with Crippen LogP contribution in [-0.2, 0) is 10.0 Å². The number of sulfonamides is 1. The molecule has 1 saturated heterocycles. The van der Waals surface area contributed by atoms with Crippen molar-refractivity contribution in [3.05, 3.63) is 24.5 Å². The summed E-state index contributed by atoms with van der Waals surface area (Å²) in [4.78, 5) is 4.19. The van der Waals surface area contributed by atoms with Gasteiger partial charge in [-0.3, -0.25) is 4.98 Å². The van der Waals surface area contributed by atoms with Crippen LogP contribution in [0, 0.1) is 11.3 Å². The van der Waals surface area contributed by atoms with E-state index in [0.717, 1.165) is 12.8 Å². The molecule has 0 atom stereocenters. The highest BCUT2D eigenvalue weighted by Gasteiger charge is 2.37. The summed E-state index contributed by atoms with van der Waals surface area (Å²) in [7, 11) is -3.37. The monoisotopic (exact) mass is 282 g/mol. The average molecular weight is 282 g/mol. The molecule has 0 unspecified atom stereocenters. The van der Waals surface area contributed by atoms with Crippen LogP contribution in [0.1, 0.15) is 33.6 Å². The summed E-state index contributed by atoms with van der Waals surface area (Å²) in [5.74, 6) is 0.579. The van der Waals surface area contributed by atoms with Crippen molar-refractivity contribution >= 4 is 10.0 Å². The summed E-state index contributed by atoms with van der Waals surface area (Å²) < 4.78 is 26.5. The van der Waals surface area contributed by atoms with E-state index in [4.69, 9.17) is 0 Å². The van der Waals surface area contributed by atoms with Crippen molar-refractivity contribution in [3.8, 4) is 0 Å². The molecule has 1 aromatic rings. The maximum atomic E-state index is 12.5. The van der Waals surface area contributed by atoms with Crippen molar-refractivity contribution < 1.29 is 8.42 Å². The van der Waals surface area contributed by atoms with Crippen LogP contribution in [0.3, 0.4) is 0 Å². The van der Waals surface area contributed by atoms with Crippen LogP contribution in [0.2, 0.25) is 0 Å². The fraction of sp³-hybridized carbons (Fsp3) is 0.643. The van der Waals surface area contributed by atoms with Crippen molar-refractivity contribution in [3.63, 3.8) is 0 Å². The van der Waals surface area contributed by atoms with Crippen molar-refractivity contribution in [2.24, 2.45) is 11.3 Å². The van der Waals surface area contributed by atoms with E-state index < -0.39 is 10.0 Å². The summed E-state index contributed by atoms with van der Waals surface area (Å²) >= 11 is 0. The van der Waals surface area contributed by atoms with E-state index in [2.05, 4.69) is 25.8 Å². The highest BCUT2D eigenvalue weighted by atomic mass is 32.2. The van der Waals surface area contributed by atoms with Crippen LogP contribution in [-0.4, -0.2) is 30.8 Å². The first-order chi connectivity index (χ1) is 8.86. The molecular weight excluding hydrogens is 260 g/mol. The third kappa shape index (κ3) is 2.82. The van der Waals surface area contributed by atoms with Crippen molar-refractivity contribution in [1.29, 1.82) is 0 Å². The Kier molecular flexibility index (Phi) is 3.97. The molecule has 1 aliphatic heterocycles. The number of rotatable bonds is 3. The highest BCUT2D eigenvalue weighted by Crippen LogP contribution is 2.39. The molecule has 0 amide bonds. The van der Waals surface area contributed by atoms with Gasteiger partial charge in [0.1, 0.15) is 4.90 Å². The van der Waals surface area contributed by atoms with Crippen LogP contribution in [0.4, 0.5) is 0 Å². The first-order valence-electron chi connectivity index (χ1n) is 6.76. The summed E-state index contributed by atoms with van der Waals surface area (Å²) in [6.45, 7) is 7.89. The van der Waals surface area contributed by atoms with Gasteiger partial charge in [0.25, 0.3) is 0 Å². The maximum Gasteiger partial charge on any atom is 0.244 e. The Morgan fingerprint density at radius 2 is 1.95 bits per heavy atom. The van der Waals surface area contributed by atoms with E-state index in [9.17, 15) is 8.42 Å². The molecule has 1 aromatic heterocycles. The minimum Gasteiger partial charge on any atom is -0.263 e. The van der Waals surface area contributed by atoms with Crippen LogP contribution >= 0.6 is 0 Å². The van der Waals surface area contributed by atoms with Gasteiger partial charge in [-0.2, -0.15) is 4.31 Å². The van der Waals surface area contributed by atoms with Crippen LogP contribution in [0.5, 0.6) is 0 Å². The number of piperidine rings is 1. The van der Waals surface area contributed by atoms with Gasteiger partial charge in [-0.15, -0.1) is 0 Å². The largest absolute Gasteiger partial charge is 0.263 e. The molecule has 5 heteroatoms. The second kappa shape index (κ2) is 5.21.